The maximum Gasteiger partial charge on any atom is 0.346 e. The quantitative estimate of drug-likeness (QED) is 0.210. The molecule has 6 heteroatoms. The van der Waals surface area contributed by atoms with Crippen LogP contribution in [0.25, 0.3) is 0 Å². The molecule has 0 spiro atoms. The number of carboxylic acid groups (broad SMARTS) is 1. The number of carboxylic acids is 1. The third kappa shape index (κ3) is 8.93. The van der Waals surface area contributed by atoms with Crippen molar-refractivity contribution in [3.8, 4) is 0 Å². The number of ketones is 1. The van der Waals surface area contributed by atoms with Crippen molar-refractivity contribution in [1.82, 2.24) is 0 Å². The Morgan fingerprint density at radius 3 is 2.68 bits per heavy atom. The van der Waals surface area contributed by atoms with Crippen LogP contribution < -0.4 is 0 Å². The third-order valence-corrected chi connectivity index (χ3v) is 6.48. The number of Topliss-reactive ketones (excluding diaryl/α,β-unsaturated/α-hetero) is 1. The van der Waals surface area contributed by atoms with Gasteiger partial charge in [-0.15, -0.1) is 11.8 Å². The second-order valence-corrected chi connectivity index (χ2v) is 8.83. The highest BCUT2D eigenvalue weighted by Crippen LogP contribution is 2.33. The van der Waals surface area contributed by atoms with Crippen molar-refractivity contribution < 1.29 is 24.9 Å². The normalized spacial score (nSPS) is 22.3. The lowest BCUT2D eigenvalue weighted by Crippen LogP contribution is -2.35. The van der Waals surface area contributed by atoms with Gasteiger partial charge in [0, 0.05) is 24.5 Å². The Morgan fingerprint density at radius 1 is 1.21 bits per heavy atom. The minimum Gasteiger partial charge on any atom is -0.478 e. The van der Waals surface area contributed by atoms with Crippen molar-refractivity contribution in [2.75, 3.05) is 12.4 Å². The number of carbonyl (C=O) groups is 2. The van der Waals surface area contributed by atoms with Crippen LogP contribution in [0, 0.1) is 11.8 Å². The maximum atomic E-state index is 12.2. The van der Waals surface area contributed by atoms with Crippen molar-refractivity contribution in [2.45, 2.75) is 76.1 Å². The summed E-state index contributed by atoms with van der Waals surface area (Å²) in [7, 11) is 0. The molecular formula is C22H36O5S. The molecule has 0 amide bonds. The molecule has 0 heterocycles. The van der Waals surface area contributed by atoms with Crippen molar-refractivity contribution in [3.05, 3.63) is 24.3 Å². The number of rotatable bonds is 15. The zero-order valence-electron chi connectivity index (χ0n) is 17.0. The van der Waals surface area contributed by atoms with E-state index in [2.05, 4.69) is 19.1 Å². The number of hydrogen-bond donors (Lipinski definition) is 3. The number of aliphatic carboxylic acids is 1. The summed E-state index contributed by atoms with van der Waals surface area (Å²) in [6.45, 7) is 2.03. The Labute approximate surface area is 173 Å². The molecule has 1 aliphatic carbocycles. The monoisotopic (exact) mass is 412 g/mol. The third-order valence-electron chi connectivity index (χ3n) is 5.23. The summed E-state index contributed by atoms with van der Waals surface area (Å²) in [6.07, 6.45) is 17.0. The summed E-state index contributed by atoms with van der Waals surface area (Å²) < 4.78 is 0. The molecule has 0 aliphatic heterocycles. The summed E-state index contributed by atoms with van der Waals surface area (Å²) in [4.78, 5) is 21.5. The Bertz CT molecular complexity index is 531. The molecule has 0 aromatic carbocycles. The van der Waals surface area contributed by atoms with Gasteiger partial charge < -0.3 is 15.3 Å². The SMILES string of the molecule is CCCCCCC=C[C@H]1CCC(=O)[C@@H]1CC=CCCC(O)(SCCO)C(=O)O. The van der Waals surface area contributed by atoms with Crippen molar-refractivity contribution in [2.24, 2.45) is 11.8 Å². The topological polar surface area (TPSA) is 94.8 Å². The fourth-order valence-corrected chi connectivity index (χ4v) is 4.34. The van der Waals surface area contributed by atoms with E-state index in [1.165, 1.54) is 25.7 Å². The average Bonchev–Trinajstić information content (AvgIpc) is 3.02. The fourth-order valence-electron chi connectivity index (χ4n) is 3.53. The molecule has 1 unspecified atom stereocenters. The molecule has 1 fully saturated rings. The van der Waals surface area contributed by atoms with E-state index in [1.54, 1.807) is 0 Å². The molecular weight excluding hydrogens is 376 g/mol. The highest BCUT2D eigenvalue weighted by atomic mass is 32.2. The standard InChI is InChI=1S/C22H36O5S/c1-2-3-4-5-6-8-11-18-13-14-20(24)19(18)12-9-7-10-15-22(27,21(25)26)28-17-16-23/h7-9,11,18-19,23,27H,2-6,10,12-17H2,1H3,(H,25,26)/t18-,19+,22?/m0/s1. The lowest BCUT2D eigenvalue weighted by molar-refractivity contribution is -0.149. The predicted octanol–water partition coefficient (Wildman–Crippen LogP) is 4.33. The summed E-state index contributed by atoms with van der Waals surface area (Å²) in [5.41, 5.74) is 0. The largest absolute Gasteiger partial charge is 0.478 e. The summed E-state index contributed by atoms with van der Waals surface area (Å²) in [6, 6.07) is 0. The van der Waals surface area contributed by atoms with E-state index in [-0.39, 0.29) is 24.7 Å². The predicted molar refractivity (Wildman–Crippen MR) is 114 cm³/mol. The number of unbranched alkanes of at least 4 members (excludes halogenated alkanes) is 4. The van der Waals surface area contributed by atoms with Crippen LogP contribution in [-0.2, 0) is 9.59 Å². The first-order valence-electron chi connectivity index (χ1n) is 10.5. The summed E-state index contributed by atoms with van der Waals surface area (Å²) in [5.74, 6) is -0.472. The molecule has 3 atom stereocenters. The highest BCUT2D eigenvalue weighted by Gasteiger charge is 2.35. The smallest absolute Gasteiger partial charge is 0.346 e. The molecule has 1 saturated carbocycles. The Balaban J connectivity index is 2.42. The van der Waals surface area contributed by atoms with Crippen molar-refractivity contribution in [1.29, 1.82) is 0 Å². The molecule has 160 valence electrons. The van der Waals surface area contributed by atoms with Gasteiger partial charge in [0.2, 0.25) is 4.93 Å². The Kier molecular flexibility index (Phi) is 12.4. The number of allylic oxidation sites excluding steroid dienone is 4. The van der Waals surface area contributed by atoms with Gasteiger partial charge in [0.05, 0.1) is 6.61 Å². The zero-order valence-corrected chi connectivity index (χ0v) is 17.8. The molecule has 0 saturated heterocycles. The van der Waals surface area contributed by atoms with Gasteiger partial charge in [-0.3, -0.25) is 4.79 Å². The van der Waals surface area contributed by atoms with Crippen LogP contribution in [0.3, 0.4) is 0 Å². The van der Waals surface area contributed by atoms with E-state index in [0.717, 1.165) is 24.6 Å². The van der Waals surface area contributed by atoms with Crippen LogP contribution in [0.2, 0.25) is 0 Å². The van der Waals surface area contributed by atoms with E-state index in [4.69, 9.17) is 5.11 Å². The molecule has 1 aliphatic rings. The summed E-state index contributed by atoms with van der Waals surface area (Å²) >= 11 is 0.841. The fraction of sp³-hybridized carbons (Fsp3) is 0.727. The zero-order chi connectivity index (χ0) is 20.8. The van der Waals surface area contributed by atoms with E-state index < -0.39 is 10.9 Å². The molecule has 0 aromatic rings. The molecule has 0 radical (unpaired) electrons. The highest BCUT2D eigenvalue weighted by molar-refractivity contribution is 8.01. The van der Waals surface area contributed by atoms with E-state index >= 15 is 0 Å². The van der Waals surface area contributed by atoms with Gasteiger partial charge in [0.1, 0.15) is 5.78 Å². The Morgan fingerprint density at radius 2 is 2.00 bits per heavy atom. The van der Waals surface area contributed by atoms with Gasteiger partial charge >= 0.3 is 5.97 Å². The lowest BCUT2D eigenvalue weighted by Gasteiger charge is -2.21. The first-order valence-corrected chi connectivity index (χ1v) is 11.5. The van der Waals surface area contributed by atoms with Crippen molar-refractivity contribution >= 4 is 23.5 Å². The van der Waals surface area contributed by atoms with Crippen LogP contribution in [0.15, 0.2) is 24.3 Å². The van der Waals surface area contributed by atoms with Gasteiger partial charge in [-0.1, -0.05) is 50.5 Å². The first-order chi connectivity index (χ1) is 13.4. The molecule has 5 nitrogen and oxygen atoms in total. The van der Waals surface area contributed by atoms with Crippen LogP contribution in [0.5, 0.6) is 0 Å². The number of aliphatic hydroxyl groups excluding tert-OH is 1. The second kappa shape index (κ2) is 14.0. The van der Waals surface area contributed by atoms with Crippen LogP contribution in [0.1, 0.15) is 71.1 Å². The van der Waals surface area contributed by atoms with Gasteiger partial charge in [-0.25, -0.2) is 4.79 Å². The molecule has 1 rings (SSSR count). The average molecular weight is 413 g/mol. The number of thioether (sulfide) groups is 1. The van der Waals surface area contributed by atoms with Crippen molar-refractivity contribution in [3.63, 3.8) is 0 Å². The van der Waals surface area contributed by atoms with Crippen LogP contribution in [-0.4, -0.2) is 44.4 Å². The van der Waals surface area contributed by atoms with Gasteiger partial charge in [-0.2, -0.15) is 0 Å². The number of carbonyl (C=O) groups excluding carboxylic acids is 1. The summed E-state index contributed by atoms with van der Waals surface area (Å²) in [5, 5.41) is 28.2. The lowest BCUT2D eigenvalue weighted by atomic mass is 9.91. The van der Waals surface area contributed by atoms with E-state index in [1.807, 2.05) is 12.2 Å². The first kappa shape index (κ1) is 24.9. The molecule has 0 aromatic heterocycles. The molecule has 0 bridgehead atoms. The Hall–Kier alpha value is -1.11. The maximum absolute atomic E-state index is 12.2. The van der Waals surface area contributed by atoms with E-state index in [9.17, 15) is 19.8 Å². The minimum absolute atomic E-state index is 0.0188. The molecule has 28 heavy (non-hydrogen) atoms. The number of hydrogen-bond acceptors (Lipinski definition) is 5. The van der Waals surface area contributed by atoms with Crippen LogP contribution in [0.4, 0.5) is 0 Å². The van der Waals surface area contributed by atoms with Gasteiger partial charge in [-0.05, 0) is 38.0 Å². The molecule has 3 N–H and O–H groups in total. The van der Waals surface area contributed by atoms with Gasteiger partial charge in [0.25, 0.3) is 0 Å². The van der Waals surface area contributed by atoms with Gasteiger partial charge in [0.15, 0.2) is 0 Å². The van der Waals surface area contributed by atoms with E-state index in [0.29, 0.717) is 31.0 Å². The second-order valence-electron chi connectivity index (χ2n) is 7.46. The minimum atomic E-state index is -1.88. The van der Waals surface area contributed by atoms with Crippen LogP contribution >= 0.6 is 11.8 Å². The number of aliphatic hydroxyl groups is 2.